The topological polar surface area (TPSA) is 84.0 Å². The molecule has 0 N–H and O–H groups in total. The summed E-state index contributed by atoms with van der Waals surface area (Å²) in [5.74, 6) is -0.545. The van der Waals surface area contributed by atoms with Crippen molar-refractivity contribution >= 4 is 33.5 Å². The number of piperidine rings is 2. The first-order valence-corrected chi connectivity index (χ1v) is 12.5. The highest BCUT2D eigenvalue weighted by Gasteiger charge is 2.35. The molecule has 0 unspecified atom stereocenters. The standard InChI is InChI=1S/C21H29ClN2O5S/c1-2-29-21(26)17-7-11-23(12-8-17)20(25)16-9-13-24(14-10-16)30(27,28)15-18-5-3-4-6-19(18)22/h3-6,16-17H,2,7-15H2,1H3. The molecule has 0 bridgehead atoms. The lowest BCUT2D eigenvalue weighted by Gasteiger charge is -2.36. The highest BCUT2D eigenvalue weighted by Crippen LogP contribution is 2.27. The lowest BCUT2D eigenvalue weighted by atomic mass is 9.92. The summed E-state index contributed by atoms with van der Waals surface area (Å²) < 4.78 is 32.1. The minimum absolute atomic E-state index is 0.0699. The minimum atomic E-state index is -3.48. The summed E-state index contributed by atoms with van der Waals surface area (Å²) in [7, 11) is -3.48. The summed E-state index contributed by atoms with van der Waals surface area (Å²) in [6.45, 7) is 3.93. The maximum atomic E-state index is 12.9. The van der Waals surface area contributed by atoms with E-state index in [-0.39, 0.29) is 29.5 Å². The van der Waals surface area contributed by atoms with Gasteiger partial charge in [0, 0.05) is 37.1 Å². The number of esters is 1. The van der Waals surface area contributed by atoms with Crippen LogP contribution in [0.4, 0.5) is 0 Å². The number of benzene rings is 1. The third-order valence-electron chi connectivity index (χ3n) is 5.92. The molecule has 2 aliphatic rings. The molecule has 0 atom stereocenters. The molecule has 7 nitrogen and oxygen atoms in total. The zero-order valence-electron chi connectivity index (χ0n) is 17.3. The second-order valence-electron chi connectivity index (χ2n) is 7.87. The second-order valence-corrected chi connectivity index (χ2v) is 10.2. The molecule has 0 saturated carbocycles. The van der Waals surface area contributed by atoms with Crippen LogP contribution in [0.15, 0.2) is 24.3 Å². The molecule has 2 aliphatic heterocycles. The van der Waals surface area contributed by atoms with E-state index in [2.05, 4.69) is 0 Å². The van der Waals surface area contributed by atoms with Crippen molar-refractivity contribution in [1.29, 1.82) is 0 Å². The molecule has 166 valence electrons. The van der Waals surface area contributed by atoms with Crippen LogP contribution in [0.2, 0.25) is 5.02 Å². The Balaban J connectivity index is 1.50. The van der Waals surface area contributed by atoms with Gasteiger partial charge >= 0.3 is 5.97 Å². The largest absolute Gasteiger partial charge is 0.466 e. The van der Waals surface area contributed by atoms with Gasteiger partial charge in [0.1, 0.15) is 0 Å². The van der Waals surface area contributed by atoms with E-state index in [1.807, 2.05) is 4.90 Å². The summed E-state index contributed by atoms with van der Waals surface area (Å²) in [5, 5.41) is 0.442. The van der Waals surface area contributed by atoms with Gasteiger partial charge in [0.2, 0.25) is 15.9 Å². The predicted octanol–water partition coefficient (Wildman–Crippen LogP) is 2.68. The van der Waals surface area contributed by atoms with Crippen LogP contribution in [-0.2, 0) is 30.1 Å². The van der Waals surface area contributed by atoms with E-state index in [0.29, 0.717) is 69.1 Å². The molecule has 0 aliphatic carbocycles. The van der Waals surface area contributed by atoms with Gasteiger partial charge in [-0.25, -0.2) is 12.7 Å². The Labute approximate surface area is 183 Å². The summed E-state index contributed by atoms with van der Waals surface area (Å²) in [6.07, 6.45) is 2.27. The number of nitrogens with zero attached hydrogens (tertiary/aromatic N) is 2. The Morgan fingerprint density at radius 1 is 1.03 bits per heavy atom. The molecule has 2 saturated heterocycles. The fraction of sp³-hybridized carbons (Fsp3) is 0.619. The third-order valence-corrected chi connectivity index (χ3v) is 8.12. The number of hydrogen-bond acceptors (Lipinski definition) is 5. The molecule has 0 spiro atoms. The quantitative estimate of drug-likeness (QED) is 0.614. The summed E-state index contributed by atoms with van der Waals surface area (Å²) in [5.41, 5.74) is 0.585. The fourth-order valence-electron chi connectivity index (χ4n) is 4.14. The van der Waals surface area contributed by atoms with Gasteiger partial charge in [-0.2, -0.15) is 0 Å². The first-order chi connectivity index (χ1) is 14.3. The molecular weight excluding hydrogens is 428 g/mol. The maximum absolute atomic E-state index is 12.9. The maximum Gasteiger partial charge on any atom is 0.309 e. The smallest absolute Gasteiger partial charge is 0.309 e. The van der Waals surface area contributed by atoms with Gasteiger partial charge in [0.15, 0.2) is 0 Å². The molecule has 0 aromatic heterocycles. The van der Waals surface area contributed by atoms with E-state index in [9.17, 15) is 18.0 Å². The van der Waals surface area contributed by atoms with E-state index < -0.39 is 10.0 Å². The molecule has 1 amide bonds. The van der Waals surface area contributed by atoms with Crippen LogP contribution in [0.25, 0.3) is 0 Å². The number of halogens is 1. The number of hydrogen-bond donors (Lipinski definition) is 0. The number of carbonyl (C=O) groups excluding carboxylic acids is 2. The number of likely N-dealkylation sites (tertiary alicyclic amines) is 1. The fourth-order valence-corrected chi connectivity index (χ4v) is 6.01. The van der Waals surface area contributed by atoms with Crippen molar-refractivity contribution in [2.24, 2.45) is 11.8 Å². The second kappa shape index (κ2) is 10.1. The first kappa shape index (κ1) is 23.0. The van der Waals surface area contributed by atoms with Crippen LogP contribution in [-0.4, -0.2) is 62.3 Å². The van der Waals surface area contributed by atoms with Crippen LogP contribution >= 0.6 is 11.6 Å². The van der Waals surface area contributed by atoms with E-state index in [1.165, 1.54) is 4.31 Å². The number of amides is 1. The SMILES string of the molecule is CCOC(=O)C1CCN(C(=O)C2CCN(S(=O)(=O)Cc3ccccc3Cl)CC2)CC1. The summed E-state index contributed by atoms with van der Waals surface area (Å²) >= 11 is 6.11. The van der Waals surface area contributed by atoms with Crippen LogP contribution in [0.1, 0.15) is 38.2 Å². The van der Waals surface area contributed by atoms with Gasteiger partial charge in [-0.1, -0.05) is 29.8 Å². The molecule has 1 aromatic rings. The Morgan fingerprint density at radius 3 is 2.23 bits per heavy atom. The van der Waals surface area contributed by atoms with Crippen LogP contribution in [0.5, 0.6) is 0 Å². The molecular formula is C21H29ClN2O5S. The number of carbonyl (C=O) groups is 2. The highest BCUT2D eigenvalue weighted by atomic mass is 35.5. The van der Waals surface area contributed by atoms with Crippen molar-refractivity contribution in [3.05, 3.63) is 34.9 Å². The number of sulfonamides is 1. The molecule has 1 aromatic carbocycles. The van der Waals surface area contributed by atoms with E-state index in [0.717, 1.165) is 0 Å². The Bertz CT molecular complexity index is 860. The molecule has 0 radical (unpaired) electrons. The number of rotatable bonds is 6. The molecule has 2 heterocycles. The Kier molecular flexibility index (Phi) is 7.76. The van der Waals surface area contributed by atoms with Gasteiger partial charge < -0.3 is 9.64 Å². The normalized spacial score (nSPS) is 19.6. The van der Waals surface area contributed by atoms with Crippen molar-refractivity contribution in [2.45, 2.75) is 38.4 Å². The summed E-state index contributed by atoms with van der Waals surface area (Å²) in [6, 6.07) is 6.94. The first-order valence-electron chi connectivity index (χ1n) is 10.5. The van der Waals surface area contributed by atoms with Gasteiger partial charge in [-0.3, -0.25) is 9.59 Å². The highest BCUT2D eigenvalue weighted by molar-refractivity contribution is 7.88. The lowest BCUT2D eigenvalue weighted by molar-refractivity contribution is -0.152. The van der Waals surface area contributed by atoms with Gasteiger partial charge in [0.05, 0.1) is 18.3 Å². The van der Waals surface area contributed by atoms with Crippen molar-refractivity contribution in [2.75, 3.05) is 32.8 Å². The van der Waals surface area contributed by atoms with Crippen molar-refractivity contribution in [3.63, 3.8) is 0 Å². The van der Waals surface area contributed by atoms with Crippen molar-refractivity contribution in [3.8, 4) is 0 Å². The molecule has 3 rings (SSSR count). The van der Waals surface area contributed by atoms with Crippen LogP contribution < -0.4 is 0 Å². The van der Waals surface area contributed by atoms with Crippen molar-refractivity contribution in [1.82, 2.24) is 9.21 Å². The lowest BCUT2D eigenvalue weighted by Crippen LogP contribution is -2.47. The zero-order valence-corrected chi connectivity index (χ0v) is 18.8. The van der Waals surface area contributed by atoms with Crippen LogP contribution in [0.3, 0.4) is 0 Å². The molecule has 9 heteroatoms. The molecule has 30 heavy (non-hydrogen) atoms. The average molecular weight is 457 g/mol. The van der Waals surface area contributed by atoms with E-state index >= 15 is 0 Å². The molecule has 2 fully saturated rings. The van der Waals surface area contributed by atoms with Gasteiger partial charge in [0.25, 0.3) is 0 Å². The average Bonchev–Trinajstić information content (AvgIpc) is 2.75. The Hall–Kier alpha value is -1.64. The minimum Gasteiger partial charge on any atom is -0.466 e. The third kappa shape index (κ3) is 5.53. The zero-order chi connectivity index (χ0) is 21.7. The van der Waals surface area contributed by atoms with Crippen LogP contribution in [0, 0.1) is 11.8 Å². The van der Waals surface area contributed by atoms with Crippen molar-refractivity contribution < 1.29 is 22.7 Å². The predicted molar refractivity (Wildman–Crippen MR) is 114 cm³/mol. The van der Waals surface area contributed by atoms with E-state index in [4.69, 9.17) is 16.3 Å². The Morgan fingerprint density at radius 2 is 1.63 bits per heavy atom. The van der Waals surface area contributed by atoms with Gasteiger partial charge in [-0.15, -0.1) is 0 Å². The summed E-state index contributed by atoms with van der Waals surface area (Å²) in [4.78, 5) is 26.5. The monoisotopic (exact) mass is 456 g/mol. The van der Waals surface area contributed by atoms with Gasteiger partial charge in [-0.05, 0) is 44.2 Å². The number of ether oxygens (including phenoxy) is 1. The van der Waals surface area contributed by atoms with E-state index in [1.54, 1.807) is 31.2 Å².